The number of carbonyl (C=O) groups excluding carboxylic acids is 1. The highest BCUT2D eigenvalue weighted by molar-refractivity contribution is 5.95. The standard InChI is InChI=1S/C19H16F3N7O3/c1-23-28-26-18(30)12-3-8-15(16(9-12)31-2)24-10-17-25-11-29(27-17)13-4-6-14(7-5-13)32-19(20,21)22/h3-9,11H,10H2,1-2H3/p+1. The minimum absolute atomic E-state index is 0.223. The number of halogens is 3. The van der Waals surface area contributed by atoms with Gasteiger partial charge in [-0.15, -0.1) is 18.3 Å². The van der Waals surface area contributed by atoms with Crippen molar-refractivity contribution >= 4 is 11.6 Å². The zero-order valence-corrected chi connectivity index (χ0v) is 16.9. The first-order valence-electron chi connectivity index (χ1n) is 9.02. The summed E-state index contributed by atoms with van der Waals surface area (Å²) in [5, 5.41) is 14.2. The zero-order chi connectivity index (χ0) is 23.1. The lowest BCUT2D eigenvalue weighted by atomic mass is 10.2. The number of hydrogen-bond acceptors (Lipinski definition) is 7. The molecule has 0 saturated carbocycles. The van der Waals surface area contributed by atoms with E-state index < -0.39 is 12.3 Å². The molecule has 1 amide bonds. The van der Waals surface area contributed by atoms with Crippen LogP contribution >= 0.6 is 0 Å². The predicted molar refractivity (Wildman–Crippen MR) is 106 cm³/mol. The Balaban J connectivity index is 1.67. The van der Waals surface area contributed by atoms with E-state index in [4.69, 9.17) is 4.74 Å². The Morgan fingerprint density at radius 1 is 1.22 bits per heavy atom. The summed E-state index contributed by atoms with van der Waals surface area (Å²) in [6.45, 7) is 0.223. The summed E-state index contributed by atoms with van der Waals surface area (Å²) >= 11 is 0. The molecule has 166 valence electrons. The van der Waals surface area contributed by atoms with E-state index in [1.54, 1.807) is 12.1 Å². The van der Waals surface area contributed by atoms with Crippen molar-refractivity contribution in [1.29, 1.82) is 0 Å². The molecule has 32 heavy (non-hydrogen) atoms. The molecule has 1 aromatic heterocycles. The quantitative estimate of drug-likeness (QED) is 0.437. The Hall–Kier alpha value is -4.25. The average Bonchev–Trinajstić information content (AvgIpc) is 3.24. The van der Waals surface area contributed by atoms with Gasteiger partial charge in [-0.1, -0.05) is 0 Å². The third-order valence-electron chi connectivity index (χ3n) is 3.98. The van der Waals surface area contributed by atoms with E-state index in [0.29, 0.717) is 22.9 Å². The Bertz CT molecular complexity index is 1150. The fourth-order valence-electron chi connectivity index (χ4n) is 2.59. The van der Waals surface area contributed by atoms with Crippen LogP contribution in [0.2, 0.25) is 0 Å². The monoisotopic (exact) mass is 448 g/mol. The molecule has 1 heterocycles. The minimum atomic E-state index is -4.75. The topological polar surface area (TPSA) is 117 Å². The first-order valence-corrected chi connectivity index (χ1v) is 9.02. The number of alkyl halides is 3. The van der Waals surface area contributed by atoms with Gasteiger partial charge in [0.15, 0.2) is 5.82 Å². The zero-order valence-electron chi connectivity index (χ0n) is 16.9. The molecule has 0 aliphatic heterocycles. The lowest BCUT2D eigenvalue weighted by molar-refractivity contribution is -0.274. The van der Waals surface area contributed by atoms with Gasteiger partial charge in [-0.05, 0) is 42.5 Å². The van der Waals surface area contributed by atoms with Crippen molar-refractivity contribution in [2.24, 2.45) is 10.2 Å². The van der Waals surface area contributed by atoms with Crippen molar-refractivity contribution in [2.75, 3.05) is 19.5 Å². The van der Waals surface area contributed by atoms with Gasteiger partial charge in [0, 0.05) is 0 Å². The minimum Gasteiger partial charge on any atom is -0.495 e. The van der Waals surface area contributed by atoms with Crippen LogP contribution in [0.1, 0.15) is 16.2 Å². The number of ether oxygens (including phenoxy) is 2. The summed E-state index contributed by atoms with van der Waals surface area (Å²) in [6.07, 6.45) is -3.32. The second-order valence-electron chi connectivity index (χ2n) is 6.11. The molecule has 0 saturated heterocycles. The normalized spacial score (nSPS) is 10.8. The molecule has 0 fully saturated rings. The first-order chi connectivity index (χ1) is 15.3. The Kier molecular flexibility index (Phi) is 6.80. The molecule has 2 aromatic carbocycles. The van der Waals surface area contributed by atoms with Crippen molar-refractivity contribution in [3.63, 3.8) is 0 Å². The molecule has 3 rings (SSSR count). The van der Waals surface area contributed by atoms with E-state index in [9.17, 15) is 18.0 Å². The smallest absolute Gasteiger partial charge is 0.495 e. The number of amides is 1. The van der Waals surface area contributed by atoms with Gasteiger partial charge in [0.05, 0.1) is 30.6 Å². The van der Waals surface area contributed by atoms with Gasteiger partial charge in [-0.2, -0.15) is 0 Å². The molecule has 0 bridgehead atoms. The van der Waals surface area contributed by atoms with E-state index in [1.807, 2.05) is 0 Å². The van der Waals surface area contributed by atoms with Gasteiger partial charge < -0.3 is 14.8 Å². The number of methoxy groups -OCH3 is 1. The molecule has 0 aliphatic rings. The van der Waals surface area contributed by atoms with Crippen LogP contribution in [0.4, 0.5) is 18.9 Å². The number of nitrogens with zero attached hydrogens (tertiary/aromatic N) is 6. The van der Waals surface area contributed by atoms with Crippen LogP contribution in [0, 0.1) is 0 Å². The van der Waals surface area contributed by atoms with Crippen LogP contribution in [0.5, 0.6) is 11.5 Å². The summed E-state index contributed by atoms with van der Waals surface area (Å²) in [5.74, 6) is -0.0734. The second-order valence-corrected chi connectivity index (χ2v) is 6.11. The number of nitrogens with one attached hydrogen (secondary N) is 1. The Morgan fingerprint density at radius 2 is 1.97 bits per heavy atom. The van der Waals surface area contributed by atoms with Crippen LogP contribution < -0.4 is 19.7 Å². The molecule has 0 spiro atoms. The highest BCUT2D eigenvalue weighted by atomic mass is 19.4. The third kappa shape index (κ3) is 5.89. The molecule has 0 atom stereocenters. The number of rotatable bonds is 7. The van der Waals surface area contributed by atoms with Gasteiger partial charge >= 0.3 is 12.3 Å². The SMILES string of the molecule is CN=[N+]=NC(=O)c1ccc(NCc2ncn(-c3ccc(OC(F)(F)F)cc3)n2)c(OC)c1. The van der Waals surface area contributed by atoms with Gasteiger partial charge in [0.2, 0.25) is 10.0 Å². The fourth-order valence-corrected chi connectivity index (χ4v) is 2.59. The van der Waals surface area contributed by atoms with Crippen molar-refractivity contribution in [1.82, 2.24) is 19.7 Å². The molecule has 3 aromatic rings. The van der Waals surface area contributed by atoms with Crippen LogP contribution in [-0.4, -0.2) is 41.2 Å². The van der Waals surface area contributed by atoms with Crippen LogP contribution in [0.15, 0.2) is 59.0 Å². The van der Waals surface area contributed by atoms with Crippen LogP contribution in [0.3, 0.4) is 0 Å². The maximum absolute atomic E-state index is 12.3. The van der Waals surface area contributed by atoms with Crippen molar-refractivity contribution < 1.29 is 27.4 Å². The predicted octanol–water partition coefficient (Wildman–Crippen LogP) is 3.53. The van der Waals surface area contributed by atoms with Crippen LogP contribution in [-0.2, 0) is 6.54 Å². The Labute approximate surface area is 179 Å². The van der Waals surface area contributed by atoms with E-state index in [2.05, 4.69) is 35.3 Å². The summed E-state index contributed by atoms with van der Waals surface area (Å²) in [6, 6.07) is 9.92. The highest BCUT2D eigenvalue weighted by Crippen LogP contribution is 2.26. The van der Waals surface area contributed by atoms with Gasteiger partial charge in [-0.25, -0.2) is 9.67 Å². The number of aromatic nitrogens is 3. The number of hydrogen-bond donors (Lipinski definition) is 1. The molecular formula is C19H17F3N7O3+. The van der Waals surface area contributed by atoms with E-state index in [0.717, 1.165) is 0 Å². The Morgan fingerprint density at radius 3 is 2.62 bits per heavy atom. The lowest BCUT2D eigenvalue weighted by Crippen LogP contribution is -2.17. The number of carbonyl (C=O) groups is 1. The molecular weight excluding hydrogens is 431 g/mol. The van der Waals surface area contributed by atoms with Crippen molar-refractivity contribution in [3.8, 4) is 17.2 Å². The summed E-state index contributed by atoms with van der Waals surface area (Å²) < 4.78 is 47.3. The van der Waals surface area contributed by atoms with E-state index in [-0.39, 0.29) is 17.9 Å². The molecule has 1 N–H and O–H groups in total. The molecule has 13 heteroatoms. The average molecular weight is 448 g/mol. The molecule has 0 unspecified atom stereocenters. The van der Waals surface area contributed by atoms with E-state index >= 15 is 0 Å². The number of benzene rings is 2. The maximum atomic E-state index is 12.3. The molecule has 0 aliphatic carbocycles. The number of anilines is 1. The largest absolute Gasteiger partial charge is 0.573 e. The third-order valence-corrected chi connectivity index (χ3v) is 3.98. The van der Waals surface area contributed by atoms with Crippen molar-refractivity contribution in [3.05, 3.63) is 60.2 Å². The van der Waals surface area contributed by atoms with Gasteiger partial charge in [0.25, 0.3) is 0 Å². The van der Waals surface area contributed by atoms with Gasteiger partial charge in [-0.3, -0.25) is 4.79 Å². The summed E-state index contributed by atoms with van der Waals surface area (Å²) in [4.78, 5) is 19.4. The van der Waals surface area contributed by atoms with Gasteiger partial charge in [0.1, 0.15) is 30.0 Å². The second kappa shape index (κ2) is 9.71. The van der Waals surface area contributed by atoms with Crippen molar-refractivity contribution in [2.45, 2.75) is 12.9 Å². The maximum Gasteiger partial charge on any atom is 0.573 e. The summed E-state index contributed by atoms with van der Waals surface area (Å²) in [5.41, 5.74) is 1.37. The lowest BCUT2D eigenvalue weighted by Gasteiger charge is -2.10. The first kappa shape index (κ1) is 22.4. The van der Waals surface area contributed by atoms with Crippen LogP contribution in [0.25, 0.3) is 5.69 Å². The summed E-state index contributed by atoms with van der Waals surface area (Å²) in [7, 11) is 2.86. The molecule has 10 nitrogen and oxygen atoms in total. The molecule has 0 radical (unpaired) electrons. The highest BCUT2D eigenvalue weighted by Gasteiger charge is 2.31. The fraction of sp³-hybridized carbons (Fsp3) is 0.211. The van der Waals surface area contributed by atoms with E-state index in [1.165, 1.54) is 55.5 Å².